The monoisotopic (exact) mass is 268 g/mol. The summed E-state index contributed by atoms with van der Waals surface area (Å²) in [5.41, 5.74) is 7.64. The second-order valence-electron chi connectivity index (χ2n) is 2.89. The van der Waals surface area contributed by atoms with Gasteiger partial charge in [-0.1, -0.05) is 0 Å². The molecule has 0 saturated heterocycles. The van der Waals surface area contributed by atoms with Gasteiger partial charge in [0, 0.05) is 0 Å². The number of carbonyl (C=O) groups excluding carboxylic acids is 1. The summed E-state index contributed by atoms with van der Waals surface area (Å²) in [4.78, 5) is 13.6. The van der Waals surface area contributed by atoms with Crippen LogP contribution in [0.2, 0.25) is 0 Å². The Morgan fingerprint density at radius 3 is 2.27 bits per heavy atom. The average molecular weight is 268 g/mol. The molecule has 0 aromatic carbocycles. The fourth-order valence-electron chi connectivity index (χ4n) is 0.361. The molecule has 0 aliphatic heterocycles. The lowest BCUT2D eigenvalue weighted by atomic mass is 10.2. The number of hydrogen-bond donors (Lipinski definition) is 0. The van der Waals surface area contributed by atoms with Crippen LogP contribution in [0.25, 0.3) is 5.53 Å². The highest BCUT2D eigenvalue weighted by molar-refractivity contribution is 14.1. The number of esters is 1. The molecule has 0 bridgehead atoms. The SMILES string of the molecule is CC(C)(C)OC(=O)C(I)=[N+]=[N-]. The Kier molecular flexibility index (Phi) is 3.68. The zero-order chi connectivity index (χ0) is 9.07. The van der Waals surface area contributed by atoms with E-state index in [1.165, 1.54) is 0 Å². The maximum Gasteiger partial charge on any atom is 0.432 e. The van der Waals surface area contributed by atoms with E-state index in [2.05, 4.69) is 4.79 Å². The molecule has 0 saturated carbocycles. The van der Waals surface area contributed by atoms with E-state index in [0.717, 1.165) is 0 Å². The number of halogens is 1. The van der Waals surface area contributed by atoms with Crippen LogP contribution in [0.1, 0.15) is 20.8 Å². The van der Waals surface area contributed by atoms with Crippen molar-refractivity contribution >= 4 is 32.3 Å². The first-order chi connectivity index (χ1) is 4.87. The van der Waals surface area contributed by atoms with Crippen LogP contribution in [0.3, 0.4) is 0 Å². The summed E-state index contributed by atoms with van der Waals surface area (Å²) in [5.74, 6) is -0.611. The summed E-state index contributed by atoms with van der Waals surface area (Å²) in [6, 6.07) is 0. The van der Waals surface area contributed by atoms with Crippen molar-refractivity contribution in [1.29, 1.82) is 0 Å². The highest BCUT2D eigenvalue weighted by Crippen LogP contribution is 2.08. The minimum Gasteiger partial charge on any atom is -0.451 e. The van der Waals surface area contributed by atoms with Crippen LogP contribution in [0.15, 0.2) is 0 Å². The number of carbonyl (C=O) groups is 1. The second-order valence-corrected chi connectivity index (χ2v) is 3.91. The van der Waals surface area contributed by atoms with Crippen molar-refractivity contribution in [3.05, 3.63) is 5.53 Å². The lowest BCUT2D eigenvalue weighted by Gasteiger charge is -2.16. The maximum absolute atomic E-state index is 10.9. The van der Waals surface area contributed by atoms with Crippen LogP contribution in [-0.2, 0) is 9.53 Å². The zero-order valence-corrected chi connectivity index (χ0v) is 8.75. The molecule has 0 atom stereocenters. The summed E-state index contributed by atoms with van der Waals surface area (Å²) < 4.78 is 4.78. The summed E-state index contributed by atoms with van der Waals surface area (Å²) in [6.07, 6.45) is 0. The van der Waals surface area contributed by atoms with Crippen molar-refractivity contribution in [2.75, 3.05) is 0 Å². The molecule has 0 N–H and O–H groups in total. The highest BCUT2D eigenvalue weighted by Gasteiger charge is 2.24. The maximum atomic E-state index is 10.9. The lowest BCUT2D eigenvalue weighted by molar-refractivity contribution is -0.149. The third kappa shape index (κ3) is 4.92. The smallest absolute Gasteiger partial charge is 0.432 e. The Morgan fingerprint density at radius 1 is 1.55 bits per heavy atom. The van der Waals surface area contributed by atoms with Crippen molar-refractivity contribution in [2.24, 2.45) is 0 Å². The van der Waals surface area contributed by atoms with Crippen molar-refractivity contribution in [3.63, 3.8) is 0 Å². The molecule has 0 aromatic heterocycles. The van der Waals surface area contributed by atoms with E-state index in [9.17, 15) is 4.79 Å². The van der Waals surface area contributed by atoms with E-state index in [-0.39, 0.29) is 3.72 Å². The molecule has 4 nitrogen and oxygen atoms in total. The largest absolute Gasteiger partial charge is 0.451 e. The fraction of sp³-hybridized carbons (Fsp3) is 0.667. The van der Waals surface area contributed by atoms with E-state index in [0.29, 0.717) is 0 Å². The predicted molar refractivity (Wildman–Crippen MR) is 48.5 cm³/mol. The van der Waals surface area contributed by atoms with Crippen LogP contribution in [0, 0.1) is 0 Å². The van der Waals surface area contributed by atoms with Gasteiger partial charge in [0.25, 0.3) is 0 Å². The van der Waals surface area contributed by atoms with E-state index in [1.807, 2.05) is 0 Å². The van der Waals surface area contributed by atoms with Gasteiger partial charge in [-0.3, -0.25) is 0 Å². The number of nitrogens with zero attached hydrogens (tertiary/aromatic N) is 2. The molecule has 0 radical (unpaired) electrons. The van der Waals surface area contributed by atoms with Crippen molar-refractivity contribution in [1.82, 2.24) is 0 Å². The number of ether oxygens (including phenoxy) is 1. The summed E-state index contributed by atoms with van der Waals surface area (Å²) in [7, 11) is 0. The van der Waals surface area contributed by atoms with Gasteiger partial charge >= 0.3 is 9.69 Å². The minimum absolute atomic E-state index is 0.0717. The first-order valence-electron chi connectivity index (χ1n) is 2.97. The molecule has 0 spiro atoms. The minimum atomic E-state index is -0.611. The van der Waals surface area contributed by atoms with Gasteiger partial charge < -0.3 is 10.3 Å². The van der Waals surface area contributed by atoms with Gasteiger partial charge in [-0.15, -0.1) is 0 Å². The molecule has 11 heavy (non-hydrogen) atoms. The normalized spacial score (nSPS) is 10.2. The van der Waals surface area contributed by atoms with Crippen molar-refractivity contribution < 1.29 is 14.3 Å². The quantitative estimate of drug-likeness (QED) is 0.237. The first kappa shape index (κ1) is 10.6. The molecule has 0 rings (SSSR count). The average Bonchev–Trinajstić information content (AvgIpc) is 1.82. The van der Waals surface area contributed by atoms with Gasteiger partial charge in [0.05, 0.1) is 22.6 Å². The van der Waals surface area contributed by atoms with Gasteiger partial charge in [0.15, 0.2) is 0 Å². The van der Waals surface area contributed by atoms with Crippen LogP contribution in [0.4, 0.5) is 0 Å². The molecule has 0 heterocycles. The van der Waals surface area contributed by atoms with E-state index < -0.39 is 11.6 Å². The first-order valence-corrected chi connectivity index (χ1v) is 4.05. The van der Waals surface area contributed by atoms with Crippen LogP contribution in [0.5, 0.6) is 0 Å². The van der Waals surface area contributed by atoms with Crippen LogP contribution in [-0.4, -0.2) is 20.1 Å². The van der Waals surface area contributed by atoms with Crippen LogP contribution < -0.4 is 0 Å². The number of hydrogen-bond acceptors (Lipinski definition) is 2. The van der Waals surface area contributed by atoms with Gasteiger partial charge in [-0.2, -0.15) is 4.79 Å². The van der Waals surface area contributed by atoms with E-state index in [4.69, 9.17) is 10.3 Å². The summed E-state index contributed by atoms with van der Waals surface area (Å²) in [5, 5.41) is 0. The predicted octanol–water partition coefficient (Wildman–Crippen LogP) is 1.39. The molecule has 0 amide bonds. The fourth-order valence-corrected chi connectivity index (χ4v) is 0.471. The molecule has 5 heteroatoms. The molecule has 62 valence electrons. The summed E-state index contributed by atoms with van der Waals surface area (Å²) in [6.45, 7) is 5.23. The Bertz CT molecular complexity index is 213. The topological polar surface area (TPSA) is 62.7 Å². The molecule has 0 unspecified atom stereocenters. The molecule has 0 fully saturated rings. The molecular weight excluding hydrogens is 259 g/mol. The lowest BCUT2D eigenvalue weighted by Crippen LogP contribution is -2.26. The molecule has 0 aliphatic rings. The Hall–Kier alpha value is -0.420. The van der Waals surface area contributed by atoms with Crippen molar-refractivity contribution in [3.8, 4) is 0 Å². The highest BCUT2D eigenvalue weighted by atomic mass is 127. The standard InChI is InChI=1S/C6H9IN2O2/c1-6(2,3)11-5(10)4(7)9-8/h1-3H3. The van der Waals surface area contributed by atoms with Gasteiger partial charge in [0.2, 0.25) is 0 Å². The van der Waals surface area contributed by atoms with Crippen molar-refractivity contribution in [2.45, 2.75) is 26.4 Å². The van der Waals surface area contributed by atoms with Crippen LogP contribution >= 0.6 is 22.6 Å². The third-order valence-corrected chi connectivity index (χ3v) is 1.31. The number of rotatable bonds is 1. The van der Waals surface area contributed by atoms with Gasteiger partial charge in [0.1, 0.15) is 5.60 Å². The van der Waals surface area contributed by atoms with E-state index in [1.54, 1.807) is 43.4 Å². The molecular formula is C6H9IN2O2. The Balaban J connectivity index is 4.21. The second kappa shape index (κ2) is 3.82. The Labute approximate surface area is 78.7 Å². The zero-order valence-electron chi connectivity index (χ0n) is 6.59. The summed E-state index contributed by atoms with van der Waals surface area (Å²) >= 11 is 1.60. The van der Waals surface area contributed by atoms with E-state index >= 15 is 0 Å². The third-order valence-electron chi connectivity index (χ3n) is 0.655. The van der Waals surface area contributed by atoms with Gasteiger partial charge in [-0.25, -0.2) is 4.79 Å². The molecule has 0 aliphatic carbocycles. The van der Waals surface area contributed by atoms with Gasteiger partial charge in [-0.05, 0) is 20.8 Å². The Morgan fingerprint density at radius 2 is 2.00 bits per heavy atom. The molecule has 0 aromatic rings.